The molecule has 0 spiro atoms. The van der Waals surface area contributed by atoms with Crippen LogP contribution in [0.1, 0.15) is 40.0 Å². The number of carbonyl (C=O) groups excluding carboxylic acids is 1. The fraction of sp³-hybridized carbons (Fsp3) is 0.818. The van der Waals surface area contributed by atoms with Crippen molar-refractivity contribution in [2.75, 3.05) is 6.54 Å². The molecule has 0 aromatic heterocycles. The van der Waals surface area contributed by atoms with E-state index in [1.165, 1.54) is 0 Å². The van der Waals surface area contributed by atoms with Crippen LogP contribution in [0, 0.1) is 5.41 Å². The van der Waals surface area contributed by atoms with Gasteiger partial charge in [0.05, 0.1) is 11.5 Å². The molecule has 0 fully saturated rings. The Balaban J connectivity index is 4.41. The van der Waals surface area contributed by atoms with E-state index in [9.17, 15) is 9.59 Å². The first-order chi connectivity index (χ1) is 7.38. The molecule has 0 aliphatic carbocycles. The summed E-state index contributed by atoms with van der Waals surface area (Å²) < 4.78 is 0. The molecule has 0 heterocycles. The Kier molecular flexibility index (Phi) is 6.03. The van der Waals surface area contributed by atoms with Crippen LogP contribution in [0.3, 0.4) is 0 Å². The number of aliphatic carboxylic acids is 1. The highest BCUT2D eigenvalue weighted by Crippen LogP contribution is 2.30. The lowest BCUT2D eigenvalue weighted by Gasteiger charge is -2.25. The maximum atomic E-state index is 11.5. The summed E-state index contributed by atoms with van der Waals surface area (Å²) in [6.45, 7) is 5.24. The fourth-order valence-electron chi connectivity index (χ4n) is 1.51. The van der Waals surface area contributed by atoms with Crippen LogP contribution in [-0.4, -0.2) is 34.7 Å². The number of nitrogens with one attached hydrogen (secondary N) is 1. The Morgan fingerprint density at radius 3 is 2.12 bits per heavy atom. The number of carboxylic acids is 1. The van der Waals surface area contributed by atoms with Crippen LogP contribution in [0.2, 0.25) is 0 Å². The van der Waals surface area contributed by atoms with Gasteiger partial charge in [-0.15, -0.1) is 0 Å². The summed E-state index contributed by atoms with van der Waals surface area (Å²) in [5.74, 6) is -1.27. The van der Waals surface area contributed by atoms with Crippen molar-refractivity contribution in [2.45, 2.75) is 46.1 Å². The molecule has 0 unspecified atom stereocenters. The van der Waals surface area contributed by atoms with Gasteiger partial charge in [-0.25, -0.2) is 0 Å². The van der Waals surface area contributed by atoms with Crippen LogP contribution in [0.4, 0.5) is 0 Å². The zero-order chi connectivity index (χ0) is 12.8. The van der Waals surface area contributed by atoms with Crippen LogP contribution in [-0.2, 0) is 9.59 Å². The Labute approximate surface area is 95.9 Å². The standard InChI is InChI=1S/C11H21NO4/c1-4-11(5-2,10(15)16)6-9(14)12-7-8(3)13/h8,13H,4-7H2,1-3H3,(H,12,14)(H,15,16)/t8-/m0/s1. The highest BCUT2D eigenvalue weighted by atomic mass is 16.4. The topological polar surface area (TPSA) is 86.6 Å². The minimum absolute atomic E-state index is 0.0396. The Hall–Kier alpha value is -1.10. The molecule has 0 aliphatic heterocycles. The van der Waals surface area contributed by atoms with Gasteiger partial charge in [0.2, 0.25) is 5.91 Å². The van der Waals surface area contributed by atoms with Crippen LogP contribution >= 0.6 is 0 Å². The molecular weight excluding hydrogens is 210 g/mol. The van der Waals surface area contributed by atoms with E-state index in [0.717, 1.165) is 0 Å². The van der Waals surface area contributed by atoms with E-state index in [4.69, 9.17) is 10.2 Å². The lowest BCUT2D eigenvalue weighted by Crippen LogP contribution is -2.38. The molecule has 3 N–H and O–H groups in total. The van der Waals surface area contributed by atoms with Gasteiger partial charge in [-0.1, -0.05) is 13.8 Å². The third kappa shape index (κ3) is 4.18. The van der Waals surface area contributed by atoms with Gasteiger partial charge < -0.3 is 15.5 Å². The molecule has 0 rings (SSSR count). The minimum atomic E-state index is -0.983. The maximum absolute atomic E-state index is 11.5. The SMILES string of the molecule is CCC(CC)(CC(=O)NC[C@H](C)O)C(=O)O. The molecule has 0 aliphatic rings. The average molecular weight is 231 g/mol. The van der Waals surface area contributed by atoms with Crippen LogP contribution in [0.25, 0.3) is 0 Å². The van der Waals surface area contributed by atoms with Crippen molar-refractivity contribution in [3.63, 3.8) is 0 Å². The van der Waals surface area contributed by atoms with Crippen molar-refractivity contribution >= 4 is 11.9 Å². The molecule has 0 saturated heterocycles. The largest absolute Gasteiger partial charge is 0.481 e. The van der Waals surface area contributed by atoms with E-state index in [-0.39, 0.29) is 18.9 Å². The Morgan fingerprint density at radius 2 is 1.81 bits per heavy atom. The van der Waals surface area contributed by atoms with Crippen LogP contribution in [0.15, 0.2) is 0 Å². The average Bonchev–Trinajstić information content (AvgIpc) is 2.22. The van der Waals surface area contributed by atoms with Gasteiger partial charge >= 0.3 is 5.97 Å². The highest BCUT2D eigenvalue weighted by Gasteiger charge is 2.36. The van der Waals surface area contributed by atoms with E-state index < -0.39 is 17.5 Å². The zero-order valence-electron chi connectivity index (χ0n) is 10.1. The molecular formula is C11H21NO4. The minimum Gasteiger partial charge on any atom is -0.481 e. The molecule has 16 heavy (non-hydrogen) atoms. The summed E-state index contributed by atoms with van der Waals surface area (Å²) in [5.41, 5.74) is -0.983. The number of hydrogen-bond acceptors (Lipinski definition) is 3. The number of amides is 1. The van der Waals surface area contributed by atoms with E-state index in [0.29, 0.717) is 12.8 Å². The first-order valence-electron chi connectivity index (χ1n) is 5.56. The second-order valence-corrected chi connectivity index (χ2v) is 4.12. The van der Waals surface area contributed by atoms with Gasteiger partial charge in [0, 0.05) is 13.0 Å². The number of aliphatic hydroxyl groups is 1. The highest BCUT2D eigenvalue weighted by molar-refractivity contribution is 5.84. The summed E-state index contributed by atoms with van der Waals surface area (Å²) in [6, 6.07) is 0. The smallest absolute Gasteiger partial charge is 0.310 e. The molecule has 0 aromatic rings. The summed E-state index contributed by atoms with van der Waals surface area (Å²) in [4.78, 5) is 22.6. The van der Waals surface area contributed by atoms with Gasteiger partial charge in [0.1, 0.15) is 0 Å². The number of rotatable bonds is 7. The third-order valence-corrected chi connectivity index (χ3v) is 2.90. The van der Waals surface area contributed by atoms with Gasteiger partial charge in [-0.3, -0.25) is 9.59 Å². The molecule has 94 valence electrons. The van der Waals surface area contributed by atoms with E-state index in [1.807, 2.05) is 0 Å². The first kappa shape index (κ1) is 14.9. The lowest BCUT2D eigenvalue weighted by atomic mass is 9.79. The quantitative estimate of drug-likeness (QED) is 0.604. The van der Waals surface area contributed by atoms with Gasteiger partial charge in [0.15, 0.2) is 0 Å². The number of carboxylic acid groups (broad SMARTS) is 1. The fourth-order valence-corrected chi connectivity index (χ4v) is 1.51. The van der Waals surface area contributed by atoms with Crippen molar-refractivity contribution in [3.05, 3.63) is 0 Å². The van der Waals surface area contributed by atoms with E-state index in [2.05, 4.69) is 5.32 Å². The molecule has 0 saturated carbocycles. The lowest BCUT2D eigenvalue weighted by molar-refractivity contribution is -0.152. The number of carbonyl (C=O) groups is 2. The molecule has 1 atom stereocenters. The van der Waals surface area contributed by atoms with Gasteiger partial charge in [-0.05, 0) is 19.8 Å². The monoisotopic (exact) mass is 231 g/mol. The van der Waals surface area contributed by atoms with Crippen LogP contribution in [0.5, 0.6) is 0 Å². The van der Waals surface area contributed by atoms with E-state index >= 15 is 0 Å². The van der Waals surface area contributed by atoms with E-state index in [1.54, 1.807) is 20.8 Å². The van der Waals surface area contributed by atoms with Crippen molar-refractivity contribution in [3.8, 4) is 0 Å². The van der Waals surface area contributed by atoms with Gasteiger partial charge in [0.25, 0.3) is 0 Å². The number of aliphatic hydroxyl groups excluding tert-OH is 1. The van der Waals surface area contributed by atoms with Crippen molar-refractivity contribution in [1.29, 1.82) is 0 Å². The predicted octanol–water partition coefficient (Wildman–Crippen LogP) is 0.764. The van der Waals surface area contributed by atoms with Crippen LogP contribution < -0.4 is 5.32 Å². The molecule has 0 radical (unpaired) electrons. The zero-order valence-corrected chi connectivity index (χ0v) is 10.1. The second-order valence-electron chi connectivity index (χ2n) is 4.12. The molecule has 0 aromatic carbocycles. The molecule has 1 amide bonds. The van der Waals surface area contributed by atoms with Gasteiger partial charge in [-0.2, -0.15) is 0 Å². The molecule has 5 heteroatoms. The Bertz CT molecular complexity index is 246. The summed E-state index contributed by atoms with van der Waals surface area (Å²) in [6.07, 6.45) is 0.177. The first-order valence-corrected chi connectivity index (χ1v) is 5.56. The second kappa shape index (κ2) is 6.48. The summed E-state index contributed by atoms with van der Waals surface area (Å²) in [5, 5.41) is 20.6. The summed E-state index contributed by atoms with van der Waals surface area (Å²) >= 11 is 0. The van der Waals surface area contributed by atoms with Crippen molar-refractivity contribution in [1.82, 2.24) is 5.32 Å². The van der Waals surface area contributed by atoms with Crippen molar-refractivity contribution < 1.29 is 19.8 Å². The third-order valence-electron chi connectivity index (χ3n) is 2.90. The maximum Gasteiger partial charge on any atom is 0.310 e. The molecule has 0 bridgehead atoms. The molecule has 5 nitrogen and oxygen atoms in total. The normalized spacial score (nSPS) is 13.2. The van der Waals surface area contributed by atoms with Crippen molar-refractivity contribution in [2.24, 2.45) is 5.41 Å². The summed E-state index contributed by atoms with van der Waals surface area (Å²) in [7, 11) is 0. The number of hydrogen-bond donors (Lipinski definition) is 3. The predicted molar refractivity (Wildman–Crippen MR) is 60.0 cm³/mol. The Morgan fingerprint density at radius 1 is 1.31 bits per heavy atom.